The molecule has 1 aliphatic heterocycles. The molecule has 1 heterocycles. The lowest BCUT2D eigenvalue weighted by Gasteiger charge is -2.40. The first kappa shape index (κ1) is 14.0. The fraction of sp³-hybridized carbons (Fsp3) is 0.538. The van der Waals surface area contributed by atoms with E-state index in [0.29, 0.717) is 23.1 Å². The molecule has 3 N–H and O–H groups in total. The predicted molar refractivity (Wildman–Crippen MR) is 71.6 cm³/mol. The molecule has 0 radical (unpaired) electrons. The predicted octanol–water partition coefficient (Wildman–Crippen LogP) is 1.25. The van der Waals surface area contributed by atoms with Crippen molar-refractivity contribution < 1.29 is 15.3 Å². The van der Waals surface area contributed by atoms with E-state index in [9.17, 15) is 10.2 Å². The average molecular weight is 316 g/mol. The molecule has 0 atom stereocenters. The van der Waals surface area contributed by atoms with Crippen LogP contribution in [0.1, 0.15) is 18.4 Å². The molecule has 2 rings (SSSR count). The van der Waals surface area contributed by atoms with Crippen molar-refractivity contribution in [1.29, 1.82) is 0 Å². The Bertz CT molecular complexity index is 403. The lowest BCUT2D eigenvalue weighted by atomic mass is 9.96. The lowest BCUT2D eigenvalue weighted by molar-refractivity contribution is -0.281. The van der Waals surface area contributed by atoms with Crippen molar-refractivity contribution >= 4 is 15.9 Å². The van der Waals surface area contributed by atoms with Gasteiger partial charge in [0.1, 0.15) is 0 Å². The first-order valence-electron chi connectivity index (χ1n) is 6.11. The van der Waals surface area contributed by atoms with E-state index in [1.807, 2.05) is 6.07 Å². The van der Waals surface area contributed by atoms with Crippen molar-refractivity contribution in [2.45, 2.75) is 18.8 Å². The van der Waals surface area contributed by atoms with Crippen molar-refractivity contribution in [3.63, 3.8) is 0 Å². The molecule has 0 amide bonds. The smallest absolute Gasteiger partial charge is 0.254 e. The Morgan fingerprint density at radius 3 is 2.39 bits per heavy atom. The van der Waals surface area contributed by atoms with Gasteiger partial charge in [0.05, 0.1) is 0 Å². The Labute approximate surface area is 115 Å². The topological polar surface area (TPSA) is 63.9 Å². The summed E-state index contributed by atoms with van der Waals surface area (Å²) in [7, 11) is 0. The molecule has 1 aromatic carbocycles. The number of rotatable bonds is 3. The number of piperidine rings is 1. The molecule has 0 saturated carbocycles. The van der Waals surface area contributed by atoms with Gasteiger partial charge < -0.3 is 15.3 Å². The molecule has 100 valence electrons. The third kappa shape index (κ3) is 2.75. The summed E-state index contributed by atoms with van der Waals surface area (Å²) in [6.45, 7) is 1.31. The normalized spacial score (nSPS) is 19.1. The summed E-state index contributed by atoms with van der Waals surface area (Å²) < 4.78 is 0.680. The Balaban J connectivity index is 2.14. The summed E-state index contributed by atoms with van der Waals surface area (Å²) in [5.41, 5.74) is 0.451. The van der Waals surface area contributed by atoms with Crippen LogP contribution in [-0.2, 0) is 5.91 Å². The van der Waals surface area contributed by atoms with E-state index in [1.54, 1.807) is 23.1 Å². The summed E-state index contributed by atoms with van der Waals surface area (Å²) in [4.78, 5) is 1.64. The van der Waals surface area contributed by atoms with Crippen LogP contribution in [0.5, 0.6) is 0 Å². The van der Waals surface area contributed by atoms with Crippen LogP contribution in [-0.4, -0.2) is 39.9 Å². The van der Waals surface area contributed by atoms with Gasteiger partial charge in [0.15, 0.2) is 0 Å². The molecular formula is C13H18BrNO3. The highest BCUT2D eigenvalue weighted by molar-refractivity contribution is 9.10. The minimum Gasteiger partial charge on any atom is -0.396 e. The van der Waals surface area contributed by atoms with E-state index >= 15 is 0 Å². The molecular weight excluding hydrogens is 298 g/mol. The molecule has 1 aliphatic rings. The number of aliphatic hydroxyl groups is 3. The summed E-state index contributed by atoms with van der Waals surface area (Å²) in [6.07, 6.45) is 1.56. The van der Waals surface area contributed by atoms with Crippen molar-refractivity contribution in [2.24, 2.45) is 5.92 Å². The van der Waals surface area contributed by atoms with Gasteiger partial charge >= 0.3 is 0 Å². The monoisotopic (exact) mass is 315 g/mol. The first-order chi connectivity index (χ1) is 8.55. The fourth-order valence-electron chi connectivity index (χ4n) is 2.33. The van der Waals surface area contributed by atoms with Crippen LogP contribution in [0.4, 0.5) is 0 Å². The zero-order valence-corrected chi connectivity index (χ0v) is 11.7. The average Bonchev–Trinajstić information content (AvgIpc) is 2.39. The van der Waals surface area contributed by atoms with Crippen LogP contribution in [0.15, 0.2) is 28.7 Å². The summed E-state index contributed by atoms with van der Waals surface area (Å²) in [5.74, 6) is -1.68. The van der Waals surface area contributed by atoms with E-state index in [0.717, 1.165) is 12.8 Å². The third-order valence-electron chi connectivity index (χ3n) is 3.55. The molecule has 1 fully saturated rings. The molecule has 5 heteroatoms. The largest absolute Gasteiger partial charge is 0.396 e. The maximum absolute atomic E-state index is 10.3. The van der Waals surface area contributed by atoms with Crippen LogP contribution >= 0.6 is 15.9 Å². The summed E-state index contributed by atoms with van der Waals surface area (Å²) >= 11 is 3.34. The maximum Gasteiger partial charge on any atom is 0.254 e. The molecule has 18 heavy (non-hydrogen) atoms. The standard InChI is InChI=1S/C13H18BrNO3/c14-12-4-2-1-3-11(12)13(17,18)15-7-5-10(9-16)6-8-15/h1-4,10,16-18H,5-9H2. The second kappa shape index (κ2) is 5.67. The van der Waals surface area contributed by atoms with E-state index in [-0.39, 0.29) is 12.5 Å². The SMILES string of the molecule is OCC1CCN(C(O)(O)c2ccccc2Br)CC1. The number of aliphatic hydroxyl groups excluding tert-OH is 1. The molecule has 1 saturated heterocycles. The van der Waals surface area contributed by atoms with E-state index in [2.05, 4.69) is 15.9 Å². The Kier molecular flexibility index (Phi) is 4.40. The number of hydrogen-bond acceptors (Lipinski definition) is 4. The molecule has 0 aromatic heterocycles. The van der Waals surface area contributed by atoms with Gasteiger partial charge in [0.25, 0.3) is 5.91 Å². The van der Waals surface area contributed by atoms with Crippen LogP contribution in [0.2, 0.25) is 0 Å². The Morgan fingerprint density at radius 1 is 1.22 bits per heavy atom. The quantitative estimate of drug-likeness (QED) is 0.735. The molecule has 0 bridgehead atoms. The van der Waals surface area contributed by atoms with Gasteiger partial charge in [0.2, 0.25) is 0 Å². The van der Waals surface area contributed by atoms with Crippen LogP contribution in [0.3, 0.4) is 0 Å². The van der Waals surface area contributed by atoms with Gasteiger partial charge in [-0.05, 0) is 24.8 Å². The minimum atomic E-state index is -1.96. The second-order valence-electron chi connectivity index (χ2n) is 4.73. The van der Waals surface area contributed by atoms with Gasteiger partial charge in [-0.3, -0.25) is 0 Å². The number of likely N-dealkylation sites (tertiary alicyclic amines) is 1. The number of halogens is 1. The van der Waals surface area contributed by atoms with Crippen LogP contribution in [0, 0.1) is 5.92 Å². The van der Waals surface area contributed by atoms with Crippen molar-refractivity contribution in [3.8, 4) is 0 Å². The molecule has 0 unspecified atom stereocenters. The fourth-order valence-corrected chi connectivity index (χ4v) is 2.88. The zero-order valence-electron chi connectivity index (χ0n) is 10.1. The first-order valence-corrected chi connectivity index (χ1v) is 6.90. The van der Waals surface area contributed by atoms with E-state index in [4.69, 9.17) is 5.11 Å². The second-order valence-corrected chi connectivity index (χ2v) is 5.58. The maximum atomic E-state index is 10.3. The van der Waals surface area contributed by atoms with E-state index < -0.39 is 5.91 Å². The lowest BCUT2D eigenvalue weighted by Crippen LogP contribution is -2.50. The van der Waals surface area contributed by atoms with Crippen molar-refractivity contribution in [3.05, 3.63) is 34.3 Å². The van der Waals surface area contributed by atoms with Crippen molar-refractivity contribution in [2.75, 3.05) is 19.7 Å². The van der Waals surface area contributed by atoms with Crippen molar-refractivity contribution in [1.82, 2.24) is 4.90 Å². The zero-order chi connectivity index (χ0) is 13.2. The van der Waals surface area contributed by atoms with Gasteiger partial charge in [-0.25, -0.2) is 4.90 Å². The molecule has 0 spiro atoms. The Hall–Kier alpha value is -0.460. The van der Waals surface area contributed by atoms with Gasteiger partial charge in [-0.2, -0.15) is 0 Å². The molecule has 0 aliphatic carbocycles. The van der Waals surface area contributed by atoms with Crippen LogP contribution in [0.25, 0.3) is 0 Å². The number of benzene rings is 1. The minimum absolute atomic E-state index is 0.173. The van der Waals surface area contributed by atoms with Gasteiger partial charge in [-0.1, -0.05) is 34.1 Å². The summed E-state index contributed by atoms with van der Waals surface area (Å²) in [5, 5.41) is 29.8. The molecule has 1 aromatic rings. The van der Waals surface area contributed by atoms with Gasteiger partial charge in [-0.15, -0.1) is 0 Å². The van der Waals surface area contributed by atoms with Gasteiger partial charge in [0, 0.05) is 29.7 Å². The summed E-state index contributed by atoms with van der Waals surface area (Å²) in [6, 6.07) is 7.10. The molecule has 4 nitrogen and oxygen atoms in total. The number of nitrogens with zero attached hydrogens (tertiary/aromatic N) is 1. The third-order valence-corrected chi connectivity index (χ3v) is 4.24. The number of hydrogen-bond donors (Lipinski definition) is 3. The highest BCUT2D eigenvalue weighted by Crippen LogP contribution is 2.32. The highest BCUT2D eigenvalue weighted by atomic mass is 79.9. The van der Waals surface area contributed by atoms with E-state index in [1.165, 1.54) is 0 Å². The van der Waals surface area contributed by atoms with Crippen LogP contribution < -0.4 is 0 Å². The Morgan fingerprint density at radius 2 is 1.83 bits per heavy atom. The highest BCUT2D eigenvalue weighted by Gasteiger charge is 2.37.